The molecule has 1 amide bonds. The second-order valence-corrected chi connectivity index (χ2v) is 8.66. The summed E-state index contributed by atoms with van der Waals surface area (Å²) in [5.74, 6) is 1.37. The Balaban J connectivity index is 1.29. The van der Waals surface area contributed by atoms with Crippen molar-refractivity contribution >= 4 is 11.7 Å². The van der Waals surface area contributed by atoms with Crippen LogP contribution in [0.5, 0.6) is 0 Å². The lowest BCUT2D eigenvalue weighted by molar-refractivity contribution is -0.137. The van der Waals surface area contributed by atoms with Crippen molar-refractivity contribution in [3.63, 3.8) is 0 Å². The quantitative estimate of drug-likeness (QED) is 0.569. The molecule has 1 saturated heterocycles. The summed E-state index contributed by atoms with van der Waals surface area (Å²) in [5.41, 5.74) is -0.467. The van der Waals surface area contributed by atoms with Crippen LogP contribution in [-0.4, -0.2) is 67.1 Å². The van der Waals surface area contributed by atoms with Crippen molar-refractivity contribution in [3.05, 3.63) is 53.6 Å². The van der Waals surface area contributed by atoms with Gasteiger partial charge in [0.1, 0.15) is 17.8 Å². The summed E-state index contributed by atoms with van der Waals surface area (Å²) in [4.78, 5) is 24.8. The van der Waals surface area contributed by atoms with Gasteiger partial charge in [0.05, 0.1) is 23.7 Å². The number of halogens is 4. The van der Waals surface area contributed by atoms with Gasteiger partial charge in [-0.2, -0.15) is 13.2 Å². The number of alkyl halides is 4. The van der Waals surface area contributed by atoms with Gasteiger partial charge in [-0.3, -0.25) is 4.79 Å². The molecule has 0 spiro atoms. The van der Waals surface area contributed by atoms with Crippen molar-refractivity contribution < 1.29 is 22.4 Å². The molecule has 2 aliphatic rings. The minimum Gasteiger partial charge on any atom is -0.354 e. The highest BCUT2D eigenvalue weighted by atomic mass is 19.4. The molecule has 3 aromatic rings. The SMILES string of the molecule is Cc1n[nH]n1-c1ccc(C(=O)N(C2CC2)[C@@H]2CCN(c3ccc(C(F)(F)F)cn3)C[C@@H]2F)cn1. The zero-order chi connectivity index (χ0) is 24.0. The molecular weight excluding hydrogens is 454 g/mol. The minimum absolute atomic E-state index is 0.0161. The number of pyridine rings is 2. The molecule has 1 aliphatic heterocycles. The van der Waals surface area contributed by atoms with Gasteiger partial charge in [-0.15, -0.1) is 5.10 Å². The number of hydrogen-bond acceptors (Lipinski definition) is 5. The van der Waals surface area contributed by atoms with E-state index in [4.69, 9.17) is 0 Å². The highest BCUT2D eigenvalue weighted by Gasteiger charge is 2.43. The lowest BCUT2D eigenvalue weighted by Gasteiger charge is -2.41. The molecule has 0 unspecified atom stereocenters. The molecule has 1 saturated carbocycles. The van der Waals surface area contributed by atoms with Crippen molar-refractivity contribution in [2.75, 3.05) is 18.0 Å². The van der Waals surface area contributed by atoms with E-state index >= 15 is 4.39 Å². The lowest BCUT2D eigenvalue weighted by atomic mass is 9.99. The normalized spacial score (nSPS) is 21.0. The standard InChI is InChI=1S/C22H23F4N7O/c1-13-29-30-33(13)20-6-2-14(10-27-20)21(34)32(16-4-5-16)18-8-9-31(12-17(18)23)19-7-3-15(11-28-19)22(24,25)26/h2-3,6-7,10-11,16-18,30H,4-5,8-9,12H2,1H3/t17-,18+/m0/s1. The number of anilines is 1. The average molecular weight is 477 g/mol. The Bertz CT molecular complexity index is 1150. The number of aryl methyl sites for hydroxylation is 1. The fraction of sp³-hybridized carbons (Fsp3) is 0.455. The molecule has 180 valence electrons. The zero-order valence-corrected chi connectivity index (χ0v) is 18.3. The van der Waals surface area contributed by atoms with Crippen LogP contribution in [0.1, 0.15) is 41.0 Å². The number of carbonyl (C=O) groups excluding carboxylic acids is 1. The molecular formula is C22H23F4N7O. The third kappa shape index (κ3) is 4.24. The van der Waals surface area contributed by atoms with E-state index in [1.165, 1.54) is 12.3 Å². The van der Waals surface area contributed by atoms with Crippen LogP contribution in [0.3, 0.4) is 0 Å². The largest absolute Gasteiger partial charge is 0.417 e. The molecule has 12 heteroatoms. The second-order valence-electron chi connectivity index (χ2n) is 8.66. The average Bonchev–Trinajstić information content (AvgIpc) is 3.64. The minimum atomic E-state index is -4.47. The first-order chi connectivity index (χ1) is 16.2. The number of nitrogens with one attached hydrogen (secondary N) is 1. The summed E-state index contributed by atoms with van der Waals surface area (Å²) < 4.78 is 55.4. The summed E-state index contributed by atoms with van der Waals surface area (Å²) in [7, 11) is 0. The Hall–Kier alpha value is -3.44. The third-order valence-corrected chi connectivity index (χ3v) is 6.30. The Morgan fingerprint density at radius 2 is 1.82 bits per heavy atom. The van der Waals surface area contributed by atoms with Gasteiger partial charge >= 0.3 is 6.18 Å². The van der Waals surface area contributed by atoms with E-state index < -0.39 is 24.0 Å². The van der Waals surface area contributed by atoms with Gasteiger partial charge in [0.2, 0.25) is 0 Å². The predicted molar refractivity (Wildman–Crippen MR) is 114 cm³/mol. The summed E-state index contributed by atoms with van der Waals surface area (Å²) in [6.45, 7) is 2.16. The maximum Gasteiger partial charge on any atom is 0.417 e. The van der Waals surface area contributed by atoms with E-state index in [1.807, 2.05) is 6.92 Å². The number of nitrogens with zero attached hydrogens (tertiary/aromatic N) is 6. The van der Waals surface area contributed by atoms with Crippen molar-refractivity contribution in [3.8, 4) is 5.82 Å². The highest BCUT2D eigenvalue weighted by Crippen LogP contribution is 2.35. The molecule has 0 aromatic carbocycles. The topological polar surface area (TPSA) is 82.9 Å². The molecule has 1 N–H and O–H groups in total. The van der Waals surface area contributed by atoms with Crippen LogP contribution in [0.4, 0.5) is 23.4 Å². The number of hydrogen-bond donors (Lipinski definition) is 1. The fourth-order valence-electron chi connectivity index (χ4n) is 4.31. The number of amides is 1. The van der Waals surface area contributed by atoms with Gasteiger partial charge < -0.3 is 9.80 Å². The third-order valence-electron chi connectivity index (χ3n) is 6.30. The first kappa shape index (κ1) is 22.4. The monoisotopic (exact) mass is 477 g/mol. The molecule has 2 fully saturated rings. The number of H-pyrrole nitrogens is 1. The first-order valence-corrected chi connectivity index (χ1v) is 11.0. The summed E-state index contributed by atoms with van der Waals surface area (Å²) in [6, 6.07) is 4.94. The second kappa shape index (κ2) is 8.41. The number of carbonyl (C=O) groups is 1. The van der Waals surface area contributed by atoms with Crippen LogP contribution in [0.2, 0.25) is 0 Å². The van der Waals surface area contributed by atoms with E-state index in [0.717, 1.165) is 30.9 Å². The molecule has 8 nitrogen and oxygen atoms in total. The maximum atomic E-state index is 15.3. The summed E-state index contributed by atoms with van der Waals surface area (Å²) in [5, 5.41) is 6.68. The molecule has 4 heterocycles. The van der Waals surface area contributed by atoms with E-state index in [2.05, 4.69) is 20.3 Å². The van der Waals surface area contributed by atoms with Crippen LogP contribution in [-0.2, 0) is 6.18 Å². The van der Waals surface area contributed by atoms with Crippen LogP contribution < -0.4 is 4.90 Å². The Morgan fingerprint density at radius 3 is 2.32 bits per heavy atom. The van der Waals surface area contributed by atoms with Gasteiger partial charge in [-0.25, -0.2) is 24.3 Å². The van der Waals surface area contributed by atoms with E-state index in [9.17, 15) is 18.0 Å². The molecule has 2 atom stereocenters. The Morgan fingerprint density at radius 1 is 1.09 bits per heavy atom. The number of aromatic amines is 1. The van der Waals surface area contributed by atoms with Crippen molar-refractivity contribution in [2.24, 2.45) is 0 Å². The van der Waals surface area contributed by atoms with Gasteiger partial charge in [0.25, 0.3) is 5.91 Å². The number of aromatic nitrogens is 5. The fourth-order valence-corrected chi connectivity index (χ4v) is 4.31. The molecule has 0 radical (unpaired) electrons. The van der Waals surface area contributed by atoms with Gasteiger partial charge in [-0.1, -0.05) is 0 Å². The lowest BCUT2D eigenvalue weighted by Crippen LogP contribution is -2.55. The van der Waals surface area contributed by atoms with Crippen LogP contribution in [0.15, 0.2) is 36.7 Å². The highest BCUT2D eigenvalue weighted by molar-refractivity contribution is 5.94. The van der Waals surface area contributed by atoms with E-state index in [-0.39, 0.29) is 24.3 Å². The first-order valence-electron chi connectivity index (χ1n) is 11.0. The zero-order valence-electron chi connectivity index (χ0n) is 18.3. The molecule has 1 aliphatic carbocycles. The smallest absolute Gasteiger partial charge is 0.354 e. The number of piperidine rings is 1. The Labute approximate surface area is 192 Å². The van der Waals surface area contributed by atoms with Crippen molar-refractivity contribution in [1.82, 2.24) is 29.9 Å². The van der Waals surface area contributed by atoms with E-state index in [0.29, 0.717) is 24.3 Å². The maximum absolute atomic E-state index is 15.3. The van der Waals surface area contributed by atoms with Gasteiger partial charge in [0.15, 0.2) is 5.82 Å². The molecule has 3 aromatic heterocycles. The van der Waals surface area contributed by atoms with Crippen molar-refractivity contribution in [1.29, 1.82) is 0 Å². The molecule has 5 rings (SSSR count). The predicted octanol–water partition coefficient (Wildman–Crippen LogP) is 3.54. The van der Waals surface area contributed by atoms with E-state index in [1.54, 1.807) is 26.6 Å². The van der Waals surface area contributed by atoms with Gasteiger partial charge in [-0.05, 0) is 50.5 Å². The van der Waals surface area contributed by atoms with Crippen LogP contribution in [0, 0.1) is 6.92 Å². The van der Waals surface area contributed by atoms with Crippen LogP contribution >= 0.6 is 0 Å². The van der Waals surface area contributed by atoms with Crippen molar-refractivity contribution in [2.45, 2.75) is 50.6 Å². The summed E-state index contributed by atoms with van der Waals surface area (Å²) in [6.07, 6.45) is -1.61. The van der Waals surface area contributed by atoms with Crippen LogP contribution in [0.25, 0.3) is 5.82 Å². The summed E-state index contributed by atoms with van der Waals surface area (Å²) >= 11 is 0. The van der Waals surface area contributed by atoms with Gasteiger partial charge in [0, 0.05) is 25.0 Å². The Kier molecular flexibility index (Phi) is 5.53. The molecule has 0 bridgehead atoms. The molecule has 34 heavy (non-hydrogen) atoms. The number of rotatable bonds is 5.